The second-order valence-corrected chi connectivity index (χ2v) is 7.78. The molecule has 152 valence electrons. The Hall–Kier alpha value is -2.06. The Morgan fingerprint density at radius 1 is 1.14 bits per heavy atom. The molecule has 0 heterocycles. The van der Waals surface area contributed by atoms with Gasteiger partial charge in [0.05, 0.1) is 43.3 Å². The van der Waals surface area contributed by atoms with Crippen LogP contribution < -0.4 is 17.7 Å². The summed E-state index contributed by atoms with van der Waals surface area (Å²) < 4.78 is 0.921. The molecule has 9 heteroatoms. The van der Waals surface area contributed by atoms with E-state index in [1.165, 1.54) is 23.8 Å². The summed E-state index contributed by atoms with van der Waals surface area (Å²) in [5.74, 6) is 0. The van der Waals surface area contributed by atoms with E-state index in [4.69, 9.17) is 11.6 Å². The minimum Gasteiger partial charge on any atom is -1.00 e. The number of halogens is 2. The summed E-state index contributed by atoms with van der Waals surface area (Å²) in [4.78, 5) is 10.2. The van der Waals surface area contributed by atoms with E-state index in [0.717, 1.165) is 17.6 Å². The molecule has 1 atom stereocenters. The van der Waals surface area contributed by atoms with Gasteiger partial charge >= 0.3 is 0 Å². The summed E-state index contributed by atoms with van der Waals surface area (Å²) in [6.45, 7) is 4.11. The Kier molecular flexibility index (Phi) is 8.97. The summed E-state index contributed by atoms with van der Waals surface area (Å²) >= 11 is 6.02. The number of rotatable bonds is 8. The summed E-state index contributed by atoms with van der Waals surface area (Å²) in [6.07, 6.45) is 0. The first-order chi connectivity index (χ1) is 12.7. The van der Waals surface area contributed by atoms with Gasteiger partial charge in [-0.3, -0.25) is 10.1 Å². The Labute approximate surface area is 176 Å². The molecule has 2 aromatic carbocycles. The number of nitrogens with zero attached hydrogens (tertiary/aromatic N) is 4. The Morgan fingerprint density at radius 3 is 2.32 bits per heavy atom. The standard InChI is InChI=1S/C19H25ClN5O2.ClH/c1-14(21-11-12-25(2,3)4)15-5-7-16(8-6-15)22-23-19-10-9-17(24(26)27)13-18(19)20;/h5-10,13-14,21H,11-12H2,1-4H3;1H/q+1;/p-1. The number of hydrogen-bond donors (Lipinski definition) is 1. The van der Waals surface area contributed by atoms with Crippen molar-refractivity contribution in [2.75, 3.05) is 34.2 Å². The second kappa shape index (κ2) is 10.5. The van der Waals surface area contributed by atoms with Gasteiger partial charge in [0, 0.05) is 24.7 Å². The van der Waals surface area contributed by atoms with E-state index in [2.05, 4.69) is 43.6 Å². The number of quaternary nitrogens is 1. The smallest absolute Gasteiger partial charge is 0.271 e. The molecule has 0 saturated heterocycles. The SMILES string of the molecule is CC(NCC[N+](C)(C)C)c1ccc(N=Nc2ccc([N+](=O)[O-])cc2Cl)cc1.[Cl-]. The lowest BCUT2D eigenvalue weighted by Gasteiger charge is -2.25. The molecular formula is C19H25Cl2N5O2. The lowest BCUT2D eigenvalue weighted by molar-refractivity contribution is -0.869. The summed E-state index contributed by atoms with van der Waals surface area (Å²) in [6, 6.07) is 12.1. The zero-order valence-corrected chi connectivity index (χ0v) is 17.9. The molecule has 7 nitrogen and oxygen atoms in total. The van der Waals surface area contributed by atoms with Crippen LogP contribution >= 0.6 is 11.6 Å². The Balaban J connectivity index is 0.00000392. The van der Waals surface area contributed by atoms with Crippen molar-refractivity contribution in [3.05, 3.63) is 63.2 Å². The van der Waals surface area contributed by atoms with Crippen LogP contribution in [0, 0.1) is 10.1 Å². The van der Waals surface area contributed by atoms with E-state index in [-0.39, 0.29) is 29.2 Å². The molecule has 0 fully saturated rings. The van der Waals surface area contributed by atoms with Gasteiger partial charge in [0.1, 0.15) is 5.69 Å². The number of nitro benzene ring substituents is 1. The highest BCUT2D eigenvalue weighted by atomic mass is 35.5. The largest absolute Gasteiger partial charge is 1.00 e. The number of nitro groups is 1. The molecule has 0 aliphatic carbocycles. The second-order valence-electron chi connectivity index (χ2n) is 7.37. The summed E-state index contributed by atoms with van der Waals surface area (Å²) in [7, 11) is 6.51. The molecule has 28 heavy (non-hydrogen) atoms. The Bertz CT molecular complexity index is 820. The number of non-ortho nitro benzene ring substituents is 1. The van der Waals surface area contributed by atoms with Crippen LogP contribution in [0.3, 0.4) is 0 Å². The third-order valence-electron chi connectivity index (χ3n) is 4.04. The molecule has 0 spiro atoms. The fourth-order valence-electron chi connectivity index (χ4n) is 2.37. The molecular weight excluding hydrogens is 401 g/mol. The van der Waals surface area contributed by atoms with Crippen LogP contribution in [0.1, 0.15) is 18.5 Å². The molecule has 0 saturated carbocycles. The first-order valence-electron chi connectivity index (χ1n) is 8.65. The summed E-state index contributed by atoms with van der Waals surface area (Å²) in [5, 5.41) is 22.7. The number of azo groups is 1. The number of likely N-dealkylation sites (N-methyl/N-ethyl adjacent to an activating group) is 1. The van der Waals surface area contributed by atoms with Crippen LogP contribution in [0.4, 0.5) is 17.1 Å². The first kappa shape index (κ1) is 24.0. The van der Waals surface area contributed by atoms with Crippen molar-refractivity contribution in [1.82, 2.24) is 5.32 Å². The molecule has 0 aliphatic heterocycles. The predicted octanol–water partition coefficient (Wildman–Crippen LogP) is 2.02. The lowest BCUT2D eigenvalue weighted by atomic mass is 10.1. The van der Waals surface area contributed by atoms with Crippen molar-refractivity contribution in [2.45, 2.75) is 13.0 Å². The average Bonchev–Trinajstić information content (AvgIpc) is 2.59. The normalized spacial score (nSPS) is 12.6. The minimum atomic E-state index is -0.499. The van der Waals surface area contributed by atoms with Crippen molar-refractivity contribution < 1.29 is 21.8 Å². The first-order valence-corrected chi connectivity index (χ1v) is 9.03. The molecule has 0 aromatic heterocycles. The quantitative estimate of drug-likeness (QED) is 0.304. The van der Waals surface area contributed by atoms with E-state index < -0.39 is 4.92 Å². The topological polar surface area (TPSA) is 79.9 Å². The van der Waals surface area contributed by atoms with Gasteiger partial charge in [-0.25, -0.2) is 0 Å². The third-order valence-corrected chi connectivity index (χ3v) is 4.34. The van der Waals surface area contributed by atoms with Crippen LogP contribution in [0.15, 0.2) is 52.7 Å². The van der Waals surface area contributed by atoms with Crippen LogP contribution in [0.2, 0.25) is 5.02 Å². The van der Waals surface area contributed by atoms with Crippen molar-refractivity contribution in [2.24, 2.45) is 10.2 Å². The molecule has 0 aliphatic rings. The van der Waals surface area contributed by atoms with Crippen LogP contribution in [0.5, 0.6) is 0 Å². The highest BCUT2D eigenvalue weighted by molar-refractivity contribution is 6.33. The molecule has 1 N–H and O–H groups in total. The predicted molar refractivity (Wildman–Crippen MR) is 108 cm³/mol. The molecule has 2 rings (SSSR count). The maximum atomic E-state index is 10.7. The van der Waals surface area contributed by atoms with Gasteiger partial charge in [-0.2, -0.15) is 5.11 Å². The maximum absolute atomic E-state index is 10.7. The van der Waals surface area contributed by atoms with Crippen LogP contribution in [-0.4, -0.2) is 43.6 Å². The van der Waals surface area contributed by atoms with Gasteiger partial charge in [-0.05, 0) is 30.7 Å². The number of hydrogen-bond acceptors (Lipinski definition) is 5. The van der Waals surface area contributed by atoms with Crippen LogP contribution in [-0.2, 0) is 0 Å². The number of benzene rings is 2. The van der Waals surface area contributed by atoms with Crippen LogP contribution in [0.25, 0.3) is 0 Å². The van der Waals surface area contributed by atoms with Crippen molar-refractivity contribution >= 4 is 28.7 Å². The van der Waals surface area contributed by atoms with Gasteiger partial charge in [0.2, 0.25) is 0 Å². The van der Waals surface area contributed by atoms with E-state index in [1.807, 2.05) is 24.3 Å². The molecule has 2 aromatic rings. The molecule has 0 bridgehead atoms. The third kappa shape index (κ3) is 7.52. The minimum absolute atomic E-state index is 0. The van der Waals surface area contributed by atoms with Gasteiger partial charge in [0.25, 0.3) is 5.69 Å². The van der Waals surface area contributed by atoms with Gasteiger partial charge in [0.15, 0.2) is 0 Å². The lowest BCUT2D eigenvalue weighted by Crippen LogP contribution is -3.00. The monoisotopic (exact) mass is 425 g/mol. The number of nitrogens with one attached hydrogen (secondary N) is 1. The van der Waals surface area contributed by atoms with Crippen molar-refractivity contribution in [1.29, 1.82) is 0 Å². The zero-order valence-electron chi connectivity index (χ0n) is 16.4. The van der Waals surface area contributed by atoms with Crippen molar-refractivity contribution in [3.63, 3.8) is 0 Å². The highest BCUT2D eigenvalue weighted by Gasteiger charge is 2.10. The van der Waals surface area contributed by atoms with E-state index in [9.17, 15) is 10.1 Å². The summed E-state index contributed by atoms with van der Waals surface area (Å²) in [5.41, 5.74) is 2.17. The fourth-order valence-corrected chi connectivity index (χ4v) is 2.58. The molecule has 0 amide bonds. The average molecular weight is 426 g/mol. The van der Waals surface area contributed by atoms with Gasteiger partial charge in [-0.15, -0.1) is 5.11 Å². The fraction of sp³-hybridized carbons (Fsp3) is 0.368. The van der Waals surface area contributed by atoms with E-state index in [0.29, 0.717) is 11.4 Å². The molecule has 0 radical (unpaired) electrons. The van der Waals surface area contributed by atoms with E-state index in [1.54, 1.807) is 0 Å². The van der Waals surface area contributed by atoms with Crippen molar-refractivity contribution in [3.8, 4) is 0 Å². The van der Waals surface area contributed by atoms with Gasteiger partial charge < -0.3 is 22.2 Å². The Morgan fingerprint density at radius 2 is 1.79 bits per heavy atom. The maximum Gasteiger partial charge on any atom is 0.271 e. The molecule has 1 unspecified atom stereocenters. The van der Waals surface area contributed by atoms with Gasteiger partial charge in [-0.1, -0.05) is 23.7 Å². The van der Waals surface area contributed by atoms with E-state index >= 15 is 0 Å². The highest BCUT2D eigenvalue weighted by Crippen LogP contribution is 2.30. The zero-order chi connectivity index (χ0) is 20.0.